The predicted molar refractivity (Wildman–Crippen MR) is 78.2 cm³/mol. The smallest absolute Gasteiger partial charge is 0.317 e. The van der Waals surface area contributed by atoms with E-state index in [0.717, 1.165) is 44.9 Å². The molecule has 1 aliphatic carbocycles. The number of hydrogen-bond acceptors (Lipinski definition) is 2. The molecule has 0 radical (unpaired) electrons. The van der Waals surface area contributed by atoms with Crippen LogP contribution in [0.5, 0.6) is 0 Å². The van der Waals surface area contributed by atoms with Crippen molar-refractivity contribution in [3.63, 3.8) is 0 Å². The molecule has 2 amide bonds. The maximum atomic E-state index is 12.2. The van der Waals surface area contributed by atoms with Gasteiger partial charge in [0, 0.05) is 19.1 Å². The summed E-state index contributed by atoms with van der Waals surface area (Å²) in [4.78, 5) is 14.2. The highest BCUT2D eigenvalue weighted by Crippen LogP contribution is 2.19. The van der Waals surface area contributed by atoms with Crippen LogP contribution < -0.4 is 10.6 Å². The zero-order chi connectivity index (χ0) is 13.5. The Balaban J connectivity index is 1.67. The largest absolute Gasteiger partial charge is 0.335 e. The van der Waals surface area contributed by atoms with Crippen LogP contribution in [0.25, 0.3) is 0 Å². The Kier molecular flexibility index (Phi) is 5.95. The molecule has 2 aliphatic rings. The van der Waals surface area contributed by atoms with Gasteiger partial charge in [0.15, 0.2) is 0 Å². The maximum Gasteiger partial charge on any atom is 0.317 e. The topological polar surface area (TPSA) is 44.4 Å². The molecule has 19 heavy (non-hydrogen) atoms. The lowest BCUT2D eigenvalue weighted by Crippen LogP contribution is -2.49. The van der Waals surface area contributed by atoms with Crippen molar-refractivity contribution in [2.45, 2.75) is 57.9 Å². The first kappa shape index (κ1) is 14.6. The normalized spacial score (nSPS) is 22.5. The van der Waals surface area contributed by atoms with Gasteiger partial charge in [0.25, 0.3) is 0 Å². The first-order chi connectivity index (χ1) is 9.29. The summed E-state index contributed by atoms with van der Waals surface area (Å²) in [6, 6.07) is 0.606. The van der Waals surface area contributed by atoms with Gasteiger partial charge in [0.1, 0.15) is 0 Å². The number of likely N-dealkylation sites (tertiary alicyclic amines) is 1. The number of urea groups is 1. The fraction of sp³-hybridized carbons (Fsp3) is 0.933. The van der Waals surface area contributed by atoms with Gasteiger partial charge in [-0.25, -0.2) is 4.79 Å². The van der Waals surface area contributed by atoms with Crippen molar-refractivity contribution in [1.82, 2.24) is 15.5 Å². The fourth-order valence-electron chi connectivity index (χ4n) is 3.20. The summed E-state index contributed by atoms with van der Waals surface area (Å²) in [6.07, 6.45) is 8.51. The summed E-state index contributed by atoms with van der Waals surface area (Å²) in [5.41, 5.74) is 0. The molecule has 1 saturated carbocycles. The molecule has 0 spiro atoms. The lowest BCUT2D eigenvalue weighted by Gasteiger charge is -2.34. The van der Waals surface area contributed by atoms with E-state index in [0.29, 0.717) is 6.04 Å². The summed E-state index contributed by atoms with van der Waals surface area (Å²) < 4.78 is 0. The molecule has 110 valence electrons. The standard InChI is InChI=1S/C15H29N3O/c1-2-16-12-13-8-10-18(11-9-13)15(19)17-14-6-4-3-5-7-14/h13-14,16H,2-12H2,1H3,(H,17,19). The number of rotatable bonds is 4. The first-order valence-electron chi connectivity index (χ1n) is 8.05. The van der Waals surface area contributed by atoms with Crippen LogP contribution >= 0.6 is 0 Å². The van der Waals surface area contributed by atoms with Gasteiger partial charge < -0.3 is 15.5 Å². The van der Waals surface area contributed by atoms with E-state index in [1.165, 1.54) is 32.1 Å². The quantitative estimate of drug-likeness (QED) is 0.821. The van der Waals surface area contributed by atoms with E-state index in [4.69, 9.17) is 0 Å². The Hall–Kier alpha value is -0.770. The van der Waals surface area contributed by atoms with Gasteiger partial charge in [-0.1, -0.05) is 26.2 Å². The van der Waals surface area contributed by atoms with Gasteiger partial charge >= 0.3 is 6.03 Å². The molecule has 0 aromatic carbocycles. The molecule has 1 saturated heterocycles. The van der Waals surface area contributed by atoms with Gasteiger partial charge in [-0.2, -0.15) is 0 Å². The second-order valence-corrected chi connectivity index (χ2v) is 6.02. The van der Waals surface area contributed by atoms with Gasteiger partial charge in [0.2, 0.25) is 0 Å². The highest BCUT2D eigenvalue weighted by atomic mass is 16.2. The van der Waals surface area contributed by atoms with Crippen molar-refractivity contribution in [1.29, 1.82) is 0 Å². The Labute approximate surface area is 117 Å². The Morgan fingerprint density at radius 3 is 2.42 bits per heavy atom. The number of hydrogen-bond donors (Lipinski definition) is 2. The van der Waals surface area contributed by atoms with Crippen LogP contribution in [-0.4, -0.2) is 43.2 Å². The maximum absolute atomic E-state index is 12.2. The Bertz CT molecular complexity index is 269. The minimum absolute atomic E-state index is 0.175. The molecule has 4 heteroatoms. The average Bonchev–Trinajstić information content (AvgIpc) is 2.46. The minimum Gasteiger partial charge on any atom is -0.335 e. The van der Waals surface area contributed by atoms with Crippen LogP contribution in [0.4, 0.5) is 4.79 Å². The molecule has 0 aromatic heterocycles. The second kappa shape index (κ2) is 7.73. The average molecular weight is 267 g/mol. The zero-order valence-corrected chi connectivity index (χ0v) is 12.3. The molecular weight excluding hydrogens is 238 g/mol. The number of carbonyl (C=O) groups is 1. The Morgan fingerprint density at radius 2 is 1.79 bits per heavy atom. The number of carbonyl (C=O) groups excluding carboxylic acids is 1. The molecule has 2 rings (SSSR count). The summed E-state index contributed by atoms with van der Waals surface area (Å²) in [6.45, 7) is 6.15. The lowest BCUT2D eigenvalue weighted by atomic mass is 9.95. The van der Waals surface area contributed by atoms with Crippen LogP contribution in [0.15, 0.2) is 0 Å². The van der Waals surface area contributed by atoms with E-state index in [1.54, 1.807) is 0 Å². The molecule has 2 N–H and O–H groups in total. The highest BCUT2D eigenvalue weighted by Gasteiger charge is 2.24. The predicted octanol–water partition coefficient (Wildman–Crippen LogP) is 2.35. The van der Waals surface area contributed by atoms with E-state index < -0.39 is 0 Å². The van der Waals surface area contributed by atoms with Crippen LogP contribution in [-0.2, 0) is 0 Å². The van der Waals surface area contributed by atoms with Crippen LogP contribution in [0, 0.1) is 5.92 Å². The molecule has 0 unspecified atom stereocenters. The summed E-state index contributed by atoms with van der Waals surface area (Å²) in [7, 11) is 0. The van der Waals surface area contributed by atoms with E-state index in [2.05, 4.69) is 17.6 Å². The van der Waals surface area contributed by atoms with E-state index in [1.807, 2.05) is 4.90 Å². The van der Waals surface area contributed by atoms with Crippen molar-refractivity contribution < 1.29 is 4.79 Å². The third-order valence-electron chi connectivity index (χ3n) is 4.52. The summed E-state index contributed by atoms with van der Waals surface area (Å²) >= 11 is 0. The van der Waals surface area contributed by atoms with Crippen molar-refractivity contribution in [3.05, 3.63) is 0 Å². The molecule has 2 fully saturated rings. The third-order valence-corrected chi connectivity index (χ3v) is 4.52. The molecular formula is C15H29N3O. The van der Waals surface area contributed by atoms with Gasteiger partial charge in [-0.05, 0) is 44.7 Å². The van der Waals surface area contributed by atoms with E-state index in [9.17, 15) is 4.79 Å². The van der Waals surface area contributed by atoms with Crippen molar-refractivity contribution in [3.8, 4) is 0 Å². The minimum atomic E-state index is 0.175. The van der Waals surface area contributed by atoms with Gasteiger partial charge in [-0.3, -0.25) is 0 Å². The second-order valence-electron chi connectivity index (χ2n) is 6.02. The first-order valence-corrected chi connectivity index (χ1v) is 8.05. The number of nitrogens with zero attached hydrogens (tertiary/aromatic N) is 1. The third kappa shape index (κ3) is 4.68. The number of nitrogens with one attached hydrogen (secondary N) is 2. The van der Waals surface area contributed by atoms with Gasteiger partial charge in [-0.15, -0.1) is 0 Å². The summed E-state index contributed by atoms with van der Waals surface area (Å²) in [5.74, 6) is 0.749. The fourth-order valence-corrected chi connectivity index (χ4v) is 3.20. The molecule has 4 nitrogen and oxygen atoms in total. The molecule has 0 aromatic rings. The highest BCUT2D eigenvalue weighted by molar-refractivity contribution is 5.74. The number of amides is 2. The Morgan fingerprint density at radius 1 is 1.11 bits per heavy atom. The van der Waals surface area contributed by atoms with Crippen LogP contribution in [0.2, 0.25) is 0 Å². The SMILES string of the molecule is CCNCC1CCN(C(=O)NC2CCCCC2)CC1. The van der Waals surface area contributed by atoms with E-state index in [-0.39, 0.29) is 6.03 Å². The summed E-state index contributed by atoms with van der Waals surface area (Å²) in [5, 5.41) is 6.63. The number of piperidine rings is 1. The molecule has 1 heterocycles. The van der Waals surface area contributed by atoms with Crippen LogP contribution in [0.3, 0.4) is 0 Å². The van der Waals surface area contributed by atoms with Crippen molar-refractivity contribution >= 4 is 6.03 Å². The zero-order valence-electron chi connectivity index (χ0n) is 12.3. The monoisotopic (exact) mass is 267 g/mol. The van der Waals surface area contributed by atoms with Crippen molar-refractivity contribution in [2.24, 2.45) is 5.92 Å². The van der Waals surface area contributed by atoms with Crippen molar-refractivity contribution in [2.75, 3.05) is 26.2 Å². The lowest BCUT2D eigenvalue weighted by molar-refractivity contribution is 0.164. The molecule has 0 bridgehead atoms. The van der Waals surface area contributed by atoms with Crippen LogP contribution in [0.1, 0.15) is 51.9 Å². The van der Waals surface area contributed by atoms with Gasteiger partial charge in [0.05, 0.1) is 0 Å². The molecule has 0 atom stereocenters. The van der Waals surface area contributed by atoms with E-state index >= 15 is 0 Å². The molecule has 1 aliphatic heterocycles.